The quantitative estimate of drug-likeness (QED) is 0.601. The molecule has 0 aromatic carbocycles. The van der Waals surface area contributed by atoms with Crippen molar-refractivity contribution in [2.45, 2.75) is 50.1 Å². The maximum Gasteiger partial charge on any atom is 0.435 e. The Morgan fingerprint density at radius 3 is 2.42 bits per heavy atom. The number of fused-ring (bicyclic) bond motifs is 1. The third-order valence-corrected chi connectivity index (χ3v) is 5.84. The van der Waals surface area contributed by atoms with Gasteiger partial charge in [0.05, 0.1) is 5.39 Å². The fourth-order valence-corrected chi connectivity index (χ4v) is 4.45. The highest BCUT2D eigenvalue weighted by molar-refractivity contribution is 7.99. The second-order valence-corrected chi connectivity index (χ2v) is 8.17. The highest BCUT2D eigenvalue weighted by atomic mass is 32.2. The fourth-order valence-electron chi connectivity index (χ4n) is 2.43. The maximum atomic E-state index is 12.9. The molecule has 0 aliphatic heterocycles. The van der Waals surface area contributed by atoms with E-state index in [9.17, 15) is 18.0 Å². The summed E-state index contributed by atoms with van der Waals surface area (Å²) in [6, 6.07) is 1.93. The van der Waals surface area contributed by atoms with Gasteiger partial charge in [-0.05, 0) is 57.2 Å². The first-order valence-corrected chi connectivity index (χ1v) is 9.34. The first-order valence-electron chi connectivity index (χ1n) is 7.70. The van der Waals surface area contributed by atoms with Gasteiger partial charge in [-0.2, -0.15) is 13.2 Å². The van der Waals surface area contributed by atoms with E-state index in [4.69, 9.17) is 0 Å². The van der Waals surface area contributed by atoms with Crippen molar-refractivity contribution in [1.29, 1.82) is 0 Å². The molecule has 0 saturated heterocycles. The van der Waals surface area contributed by atoms with Crippen LogP contribution in [0.2, 0.25) is 0 Å². The lowest BCUT2D eigenvalue weighted by molar-refractivity contribution is -0.141. The van der Waals surface area contributed by atoms with Crippen LogP contribution in [0.1, 0.15) is 36.0 Å². The van der Waals surface area contributed by atoms with E-state index in [1.54, 1.807) is 0 Å². The molecule has 0 bridgehead atoms. The Bertz CT molecular complexity index is 1020. The number of aromatic nitrogens is 4. The van der Waals surface area contributed by atoms with Gasteiger partial charge in [0, 0.05) is 10.9 Å². The van der Waals surface area contributed by atoms with Crippen molar-refractivity contribution >= 4 is 33.3 Å². The first-order chi connectivity index (χ1) is 12.1. The average molecular weight is 400 g/mol. The summed E-state index contributed by atoms with van der Waals surface area (Å²) in [4.78, 5) is 19.1. The minimum atomic E-state index is -4.54. The molecule has 3 aromatic heterocycles. The molecule has 0 amide bonds. The monoisotopic (exact) mass is 400 g/mol. The summed E-state index contributed by atoms with van der Waals surface area (Å²) < 4.78 is 39.4. The summed E-state index contributed by atoms with van der Waals surface area (Å²) in [5.74, 6) is 0. The van der Waals surface area contributed by atoms with Crippen LogP contribution < -0.4 is 5.56 Å². The van der Waals surface area contributed by atoms with Crippen LogP contribution >= 0.6 is 23.1 Å². The summed E-state index contributed by atoms with van der Waals surface area (Å²) >= 11 is 2.44. The van der Waals surface area contributed by atoms with Crippen molar-refractivity contribution in [3.63, 3.8) is 0 Å². The molecule has 138 valence electrons. The van der Waals surface area contributed by atoms with Gasteiger partial charge in [0.1, 0.15) is 9.86 Å². The van der Waals surface area contributed by atoms with Crippen LogP contribution in [-0.2, 0) is 6.18 Å². The fraction of sp³-hybridized carbons (Fsp3) is 0.375. The van der Waals surface area contributed by atoms with Crippen molar-refractivity contribution in [3.05, 3.63) is 38.6 Å². The van der Waals surface area contributed by atoms with Crippen molar-refractivity contribution in [3.8, 4) is 0 Å². The molecule has 0 aliphatic rings. The van der Waals surface area contributed by atoms with Crippen LogP contribution in [0, 0.1) is 13.8 Å². The number of nitrogens with zero attached hydrogens (tertiary/aromatic N) is 4. The third kappa shape index (κ3) is 3.35. The zero-order chi connectivity index (χ0) is 19.2. The van der Waals surface area contributed by atoms with Crippen molar-refractivity contribution in [1.82, 2.24) is 19.7 Å². The van der Waals surface area contributed by atoms with E-state index in [1.165, 1.54) is 22.0 Å². The van der Waals surface area contributed by atoms with E-state index in [1.807, 2.05) is 27.7 Å². The number of thiophene rings is 1. The summed E-state index contributed by atoms with van der Waals surface area (Å²) in [5, 5.41) is 8.04. The molecule has 0 aliphatic carbocycles. The van der Waals surface area contributed by atoms with Gasteiger partial charge in [-0.15, -0.1) is 21.5 Å². The Morgan fingerprint density at radius 2 is 1.88 bits per heavy atom. The lowest BCUT2D eigenvalue weighted by atomic mass is 10.2. The van der Waals surface area contributed by atoms with E-state index in [-0.39, 0.29) is 16.6 Å². The van der Waals surface area contributed by atoms with Crippen molar-refractivity contribution < 1.29 is 13.2 Å². The van der Waals surface area contributed by atoms with Gasteiger partial charge in [-0.3, -0.25) is 9.36 Å². The van der Waals surface area contributed by atoms with E-state index in [0.29, 0.717) is 15.4 Å². The number of alkyl halides is 3. The largest absolute Gasteiger partial charge is 0.435 e. The molecular weight excluding hydrogens is 385 g/mol. The molecule has 3 aromatic rings. The molecule has 0 fully saturated rings. The summed E-state index contributed by atoms with van der Waals surface area (Å²) in [5.41, 5.74) is -0.312. The maximum absolute atomic E-state index is 12.9. The number of hydrogen-bond acceptors (Lipinski definition) is 6. The molecular formula is C16H15F3N4OS2. The van der Waals surface area contributed by atoms with Crippen LogP contribution in [0.3, 0.4) is 0 Å². The molecule has 26 heavy (non-hydrogen) atoms. The second-order valence-electron chi connectivity index (χ2n) is 5.98. The van der Waals surface area contributed by atoms with Crippen LogP contribution in [0.25, 0.3) is 10.2 Å². The molecule has 3 heterocycles. The Kier molecular flexibility index (Phi) is 4.82. The first kappa shape index (κ1) is 18.8. The third-order valence-electron chi connectivity index (χ3n) is 3.85. The summed E-state index contributed by atoms with van der Waals surface area (Å²) in [6.07, 6.45) is -4.54. The Hall–Kier alpha value is -1.94. The Balaban J connectivity index is 2.10. The second kappa shape index (κ2) is 6.66. The average Bonchev–Trinajstić information content (AvgIpc) is 2.81. The Morgan fingerprint density at radius 1 is 1.19 bits per heavy atom. The topological polar surface area (TPSA) is 60.7 Å². The summed E-state index contributed by atoms with van der Waals surface area (Å²) in [7, 11) is 0. The molecule has 0 atom stereocenters. The molecule has 0 radical (unpaired) electrons. The predicted molar refractivity (Wildman–Crippen MR) is 94.9 cm³/mol. The van der Waals surface area contributed by atoms with E-state index < -0.39 is 11.9 Å². The predicted octanol–water partition coefficient (Wildman–Crippen LogP) is 4.62. The van der Waals surface area contributed by atoms with E-state index >= 15 is 0 Å². The molecule has 3 rings (SSSR count). The molecule has 0 unspecified atom stereocenters. The number of rotatable bonds is 3. The van der Waals surface area contributed by atoms with Crippen LogP contribution in [0.4, 0.5) is 13.2 Å². The number of aryl methyl sites for hydroxylation is 2. The number of halogens is 3. The highest BCUT2D eigenvalue weighted by Crippen LogP contribution is 2.32. The Labute approximate surface area is 155 Å². The SMILES string of the molecule is Cc1sc2nc(Sc3ccc(C(F)(F)F)nn3)n(C(C)C)c(=O)c2c1C. The number of hydrogen-bond donors (Lipinski definition) is 0. The van der Waals surface area contributed by atoms with Crippen molar-refractivity contribution in [2.24, 2.45) is 0 Å². The van der Waals surface area contributed by atoms with Crippen LogP contribution in [0.5, 0.6) is 0 Å². The normalized spacial score (nSPS) is 12.3. The van der Waals surface area contributed by atoms with Gasteiger partial charge in [0.2, 0.25) is 0 Å². The minimum absolute atomic E-state index is 0.158. The minimum Gasteiger partial charge on any atom is -0.284 e. The van der Waals surface area contributed by atoms with Crippen molar-refractivity contribution in [2.75, 3.05) is 0 Å². The standard InChI is InChI=1S/C16H15F3N4OS2/c1-7(2)23-14(24)12-8(3)9(4)25-13(12)20-15(23)26-11-6-5-10(21-22-11)16(17,18)19/h5-7H,1-4H3. The summed E-state index contributed by atoms with van der Waals surface area (Å²) in [6.45, 7) is 7.52. The van der Waals surface area contributed by atoms with E-state index in [2.05, 4.69) is 15.2 Å². The van der Waals surface area contributed by atoms with Gasteiger partial charge in [0.25, 0.3) is 5.56 Å². The lowest BCUT2D eigenvalue weighted by Crippen LogP contribution is -2.24. The van der Waals surface area contributed by atoms with E-state index in [0.717, 1.165) is 28.3 Å². The molecule has 0 N–H and O–H groups in total. The van der Waals surface area contributed by atoms with Crippen LogP contribution in [0.15, 0.2) is 27.1 Å². The zero-order valence-electron chi connectivity index (χ0n) is 14.4. The zero-order valence-corrected chi connectivity index (χ0v) is 16.0. The van der Waals surface area contributed by atoms with Gasteiger partial charge in [-0.25, -0.2) is 4.98 Å². The smallest absolute Gasteiger partial charge is 0.284 e. The van der Waals surface area contributed by atoms with Gasteiger partial charge in [-0.1, -0.05) is 0 Å². The molecule has 10 heteroatoms. The van der Waals surface area contributed by atoms with Crippen LogP contribution in [-0.4, -0.2) is 19.7 Å². The molecule has 5 nitrogen and oxygen atoms in total. The highest BCUT2D eigenvalue weighted by Gasteiger charge is 2.33. The lowest BCUT2D eigenvalue weighted by Gasteiger charge is -2.15. The molecule has 0 saturated carbocycles. The van der Waals surface area contributed by atoms with Gasteiger partial charge < -0.3 is 0 Å². The molecule has 0 spiro atoms. The van der Waals surface area contributed by atoms with Gasteiger partial charge in [0.15, 0.2) is 10.9 Å². The van der Waals surface area contributed by atoms with Gasteiger partial charge >= 0.3 is 6.18 Å².